The average Bonchev–Trinajstić information content (AvgIpc) is 3.29. The Hall–Kier alpha value is -4.63. The summed E-state index contributed by atoms with van der Waals surface area (Å²) in [6.07, 6.45) is -15.2. The summed E-state index contributed by atoms with van der Waals surface area (Å²) >= 11 is 0. The molecule has 4 fully saturated rings. The second-order valence-electron chi connectivity index (χ2n) is 19.3. The lowest BCUT2D eigenvalue weighted by Gasteiger charge is -2.68. The number of ether oxygens (including phenoxy) is 6. The molecule has 67 heavy (non-hydrogen) atoms. The normalized spacial score (nSPS) is 36.4. The fourth-order valence-electron chi connectivity index (χ4n) is 11.1. The van der Waals surface area contributed by atoms with Gasteiger partial charge in [-0.25, -0.2) is 9.59 Å². The first-order valence-electron chi connectivity index (χ1n) is 22.9. The lowest BCUT2D eigenvalue weighted by molar-refractivity contribution is -0.366. The lowest BCUT2D eigenvalue weighted by Crippen LogP contribution is -2.82. The monoisotopic (exact) mass is 937 g/mol. The first-order chi connectivity index (χ1) is 31.6. The highest BCUT2D eigenvalue weighted by atomic mass is 16.7. The number of nitrogens with one attached hydrogen (secondary N) is 1. The van der Waals surface area contributed by atoms with Gasteiger partial charge in [0.15, 0.2) is 23.8 Å². The molecule has 0 spiro atoms. The van der Waals surface area contributed by atoms with Gasteiger partial charge in [0.1, 0.15) is 48.3 Å². The van der Waals surface area contributed by atoms with Crippen molar-refractivity contribution >= 4 is 29.6 Å². The molecule has 7 N–H and O–H groups in total. The molecule has 1 amide bonds. The van der Waals surface area contributed by atoms with Crippen LogP contribution in [-0.4, -0.2) is 146 Å². The van der Waals surface area contributed by atoms with E-state index >= 15 is 4.79 Å². The zero-order valence-corrected chi connectivity index (χ0v) is 38.5. The Morgan fingerprint density at radius 2 is 1.57 bits per heavy atom. The molecule has 2 aromatic carbocycles. The van der Waals surface area contributed by atoms with Gasteiger partial charge in [-0.2, -0.15) is 0 Å². The first-order valence-corrected chi connectivity index (χ1v) is 22.9. The Kier molecular flexibility index (Phi) is 14.6. The van der Waals surface area contributed by atoms with Crippen molar-refractivity contribution in [2.24, 2.45) is 16.7 Å². The number of unbranched alkanes of at least 4 members (excludes halogenated alkanes) is 2. The maximum Gasteiger partial charge on any atom is 0.338 e. The predicted octanol–water partition coefficient (Wildman–Crippen LogP) is 1.89. The highest BCUT2D eigenvalue weighted by Crippen LogP contribution is 2.65. The van der Waals surface area contributed by atoms with Gasteiger partial charge in [0.25, 0.3) is 0 Å². The van der Waals surface area contributed by atoms with E-state index in [1.807, 2.05) is 6.92 Å². The van der Waals surface area contributed by atoms with Crippen LogP contribution in [0.1, 0.15) is 102 Å². The number of hydrogen-bond acceptors (Lipinski definition) is 17. The van der Waals surface area contributed by atoms with Gasteiger partial charge in [-0.1, -0.05) is 82.1 Å². The van der Waals surface area contributed by atoms with E-state index in [0.29, 0.717) is 12.0 Å². The van der Waals surface area contributed by atoms with E-state index in [1.54, 1.807) is 48.5 Å². The predicted molar refractivity (Wildman–Crippen MR) is 233 cm³/mol. The summed E-state index contributed by atoms with van der Waals surface area (Å²) in [5.41, 5.74) is -7.69. The Labute approximate surface area is 388 Å². The second kappa shape index (κ2) is 19.4. The molecule has 18 nitrogen and oxygen atoms in total. The van der Waals surface area contributed by atoms with Crippen LogP contribution in [0.2, 0.25) is 0 Å². The summed E-state index contributed by atoms with van der Waals surface area (Å²) in [6.45, 7) is 8.25. The third-order valence-electron chi connectivity index (χ3n) is 14.9. The molecule has 5 unspecified atom stereocenters. The van der Waals surface area contributed by atoms with Crippen molar-refractivity contribution in [2.45, 2.75) is 159 Å². The number of fused-ring (bicyclic) bond motifs is 5. The molecule has 2 heterocycles. The summed E-state index contributed by atoms with van der Waals surface area (Å²) < 4.78 is 36.7. The Bertz CT molecular complexity index is 2200. The van der Waals surface area contributed by atoms with Gasteiger partial charge in [0, 0.05) is 31.6 Å². The summed E-state index contributed by atoms with van der Waals surface area (Å²) in [5.74, 6) is -6.02. The number of carbonyl (C=O) groups excluding carboxylic acids is 5. The number of Topliss-reactive ketones (excluding diaryl/α,β-unsaturated/α-hetero) is 1. The van der Waals surface area contributed by atoms with E-state index in [1.165, 1.54) is 39.8 Å². The minimum absolute atomic E-state index is 0.0365. The van der Waals surface area contributed by atoms with E-state index in [0.717, 1.165) is 19.8 Å². The molecule has 0 aromatic heterocycles. The number of carbonyl (C=O) groups is 5. The molecular weight excluding hydrogens is 875 g/mol. The maximum atomic E-state index is 15.7. The minimum atomic E-state index is -2.45. The number of aliphatic hydroxyl groups is 6. The van der Waals surface area contributed by atoms with Gasteiger partial charge in [0.05, 0.1) is 42.3 Å². The Morgan fingerprint density at radius 3 is 2.18 bits per heavy atom. The van der Waals surface area contributed by atoms with E-state index in [4.69, 9.17) is 28.4 Å². The Morgan fingerprint density at radius 1 is 0.910 bits per heavy atom. The molecular formula is C49H63NO17. The topological polar surface area (TPSA) is 274 Å². The van der Waals surface area contributed by atoms with Crippen molar-refractivity contribution < 1.29 is 83.0 Å². The van der Waals surface area contributed by atoms with E-state index in [9.17, 15) is 49.8 Å². The molecule has 2 aliphatic heterocycles. The summed E-state index contributed by atoms with van der Waals surface area (Å²) in [7, 11) is 0. The summed E-state index contributed by atoms with van der Waals surface area (Å²) in [6, 6.07) is 14.8. The van der Waals surface area contributed by atoms with E-state index in [2.05, 4.69) is 5.32 Å². The molecule has 2 bridgehead atoms. The number of benzene rings is 2. The molecule has 366 valence electrons. The quantitative estimate of drug-likeness (QED) is 0.0617. The van der Waals surface area contributed by atoms with Crippen LogP contribution in [0, 0.1) is 16.7 Å². The molecule has 3 aliphatic carbocycles. The van der Waals surface area contributed by atoms with Crippen LogP contribution >= 0.6 is 0 Å². The summed E-state index contributed by atoms with van der Waals surface area (Å²) in [4.78, 5) is 70.8. The van der Waals surface area contributed by atoms with Crippen LogP contribution in [0.5, 0.6) is 0 Å². The van der Waals surface area contributed by atoms with Crippen molar-refractivity contribution in [1.29, 1.82) is 0 Å². The highest BCUT2D eigenvalue weighted by Gasteiger charge is 2.78. The second-order valence-corrected chi connectivity index (χ2v) is 19.3. The summed E-state index contributed by atoms with van der Waals surface area (Å²) in [5, 5.41) is 72.8. The van der Waals surface area contributed by atoms with E-state index < -0.39 is 138 Å². The van der Waals surface area contributed by atoms with Gasteiger partial charge in [-0.05, 0) is 49.1 Å². The number of rotatable bonds is 14. The number of aliphatic hydroxyl groups excluding tert-OH is 5. The number of ketones is 1. The zero-order valence-electron chi connectivity index (χ0n) is 38.5. The van der Waals surface area contributed by atoms with Gasteiger partial charge in [-0.3, -0.25) is 14.4 Å². The van der Waals surface area contributed by atoms with Gasteiger partial charge >= 0.3 is 17.9 Å². The maximum absolute atomic E-state index is 15.7. The molecule has 0 radical (unpaired) electrons. The number of esters is 3. The molecule has 7 rings (SSSR count). The van der Waals surface area contributed by atoms with Crippen LogP contribution < -0.4 is 5.32 Å². The average molecular weight is 938 g/mol. The Balaban J connectivity index is 1.37. The molecule has 5 aliphatic rings. The number of amides is 1. The van der Waals surface area contributed by atoms with Crippen molar-refractivity contribution in [3.63, 3.8) is 0 Å². The van der Waals surface area contributed by atoms with Crippen LogP contribution in [-0.2, 0) is 47.6 Å². The van der Waals surface area contributed by atoms with Gasteiger partial charge in [-0.15, -0.1) is 0 Å². The molecule has 2 aromatic rings. The molecule has 15 atom stereocenters. The van der Waals surface area contributed by atoms with Crippen molar-refractivity contribution in [2.75, 3.05) is 13.2 Å². The van der Waals surface area contributed by atoms with Crippen LogP contribution in [0.25, 0.3) is 0 Å². The van der Waals surface area contributed by atoms with Gasteiger partial charge < -0.3 is 64.4 Å². The molecule has 2 saturated carbocycles. The number of hydrogen-bond donors (Lipinski definition) is 7. The van der Waals surface area contributed by atoms with Crippen molar-refractivity contribution in [3.05, 3.63) is 82.9 Å². The fraction of sp³-hybridized carbons (Fsp3) is 0.612. The standard InChI is InChI=1S/C49H63NO17/c1-7-8-11-20-33(53)50-35(27-16-12-9-13-17-27)38(56)44(60)64-30-22-49(61)42(66-43(59)28-18-14-10-15-19-28)40-47(6,41(58)37(55)34(25(30)2)46(49,4)5)31(21-32-48(40,24-63-32)67-26(3)51)65-45-39(57)36(54)29(52)23-62-45/h9-10,12-19,29-32,35-40,42,45,52,54-57,61H,7-8,11,20-24H2,1-6H3,(H,50,53)/t29?,30-,31-,32+,35-,36?,37+,38+,39?,40?,42-,45?,47+,48-,49+/m0/s1. The smallest absolute Gasteiger partial charge is 0.338 e. The van der Waals surface area contributed by atoms with Crippen molar-refractivity contribution in [1.82, 2.24) is 5.32 Å². The lowest BCUT2D eigenvalue weighted by atomic mass is 9.44. The largest absolute Gasteiger partial charge is 0.456 e. The van der Waals surface area contributed by atoms with Gasteiger partial charge in [0.2, 0.25) is 5.91 Å². The van der Waals surface area contributed by atoms with Crippen LogP contribution in [0.3, 0.4) is 0 Å². The van der Waals surface area contributed by atoms with Crippen molar-refractivity contribution in [3.8, 4) is 0 Å². The third kappa shape index (κ3) is 8.85. The molecule has 2 saturated heterocycles. The van der Waals surface area contributed by atoms with Crippen LogP contribution in [0.15, 0.2) is 71.8 Å². The van der Waals surface area contributed by atoms with Crippen LogP contribution in [0.4, 0.5) is 0 Å². The third-order valence-corrected chi connectivity index (χ3v) is 14.9. The SMILES string of the molecule is CCCCCC(=O)N[C@@H](c1ccccc1)[C@@H](O)C(=O)O[C@H]1C[C@@]2(O)[C@@H](OC(=O)c3ccccc3)C3[C@](C)(C(=O)[C@H](O)C(=C1C)C2(C)C)[C@@H](OC1OCC(O)C(O)C1O)C[C@H]1OC[C@@]31OC(C)=O. The fourth-order valence-corrected chi connectivity index (χ4v) is 11.1. The minimum Gasteiger partial charge on any atom is -0.456 e. The van der Waals surface area contributed by atoms with E-state index in [-0.39, 0.29) is 36.2 Å². The molecule has 18 heteroatoms. The highest BCUT2D eigenvalue weighted by molar-refractivity contribution is 5.94. The first kappa shape index (κ1) is 50.3. The zero-order chi connectivity index (χ0) is 48.8.